The Balaban J connectivity index is 1.09. The lowest BCUT2D eigenvalue weighted by atomic mass is 9.93. The summed E-state index contributed by atoms with van der Waals surface area (Å²) < 4.78 is 37.2. The second-order valence-corrected chi connectivity index (χ2v) is 19.4. The molecular formula is C49H69ClNO7P. The fourth-order valence-electron chi connectivity index (χ4n) is 8.43. The lowest BCUT2D eigenvalue weighted by Crippen LogP contribution is -2.42. The third kappa shape index (κ3) is 14.5. The fourth-order valence-corrected chi connectivity index (χ4v) is 10.1. The van der Waals surface area contributed by atoms with Crippen molar-refractivity contribution in [3.8, 4) is 11.5 Å². The fraction of sp³-hybridized carbons (Fsp3) is 0.592. The zero-order valence-corrected chi connectivity index (χ0v) is 38.1. The van der Waals surface area contributed by atoms with Crippen molar-refractivity contribution in [1.29, 1.82) is 0 Å². The molecule has 324 valence electrons. The molecule has 0 saturated carbocycles. The molecule has 0 N–H and O–H groups in total. The van der Waals surface area contributed by atoms with Crippen LogP contribution in [0.4, 0.5) is 0 Å². The molecule has 2 fully saturated rings. The number of ether oxygens (including phenoxy) is 2. The molecule has 3 aromatic rings. The standard InChI is InChI=1S/C49H69ClNO7P/c1-6-7-8-9-10-11-12-13-14-15-16-17-18-24-48(52)51-28-20-23-45(51)49(53)57-47-26-25-39(32-43(47)36(2)3)33-44-37(4)30-42(31-38(44)5)55-35-59(54)56-29-27-46(58-59)40-21-19-22-41(50)34-40/h19,21-22,25-26,30-32,34,36,45-46H,6-18,20,23-24,27-29,33,35H2,1-5H3/t45-,46+,59-/m1/s1. The quantitative estimate of drug-likeness (QED) is 0.0406. The van der Waals surface area contributed by atoms with Gasteiger partial charge in [-0.15, -0.1) is 0 Å². The Morgan fingerprint density at radius 1 is 0.864 bits per heavy atom. The molecule has 0 spiro atoms. The third-order valence-corrected chi connectivity index (χ3v) is 13.7. The molecule has 5 rings (SSSR count). The van der Waals surface area contributed by atoms with Gasteiger partial charge in [-0.1, -0.05) is 134 Å². The lowest BCUT2D eigenvalue weighted by Gasteiger charge is -2.30. The molecule has 0 radical (unpaired) electrons. The van der Waals surface area contributed by atoms with Crippen LogP contribution in [0, 0.1) is 13.8 Å². The molecule has 0 aliphatic carbocycles. The highest BCUT2D eigenvalue weighted by atomic mass is 35.5. The van der Waals surface area contributed by atoms with E-state index < -0.39 is 13.6 Å². The zero-order valence-electron chi connectivity index (χ0n) is 36.4. The molecule has 3 atom stereocenters. The van der Waals surface area contributed by atoms with Crippen LogP contribution in [0.25, 0.3) is 0 Å². The number of esters is 1. The Hall–Kier alpha value is -3.16. The van der Waals surface area contributed by atoms with Crippen molar-refractivity contribution in [1.82, 2.24) is 4.90 Å². The van der Waals surface area contributed by atoms with Crippen LogP contribution < -0.4 is 9.47 Å². The van der Waals surface area contributed by atoms with Crippen LogP contribution in [0.1, 0.15) is 175 Å². The van der Waals surface area contributed by atoms with E-state index in [1.807, 2.05) is 56.3 Å². The van der Waals surface area contributed by atoms with Gasteiger partial charge in [0.15, 0.2) is 6.35 Å². The zero-order chi connectivity index (χ0) is 42.2. The summed E-state index contributed by atoms with van der Waals surface area (Å²) in [6.07, 6.45) is 19.1. The summed E-state index contributed by atoms with van der Waals surface area (Å²) in [7, 11) is -3.49. The number of aryl methyl sites for hydroxylation is 2. The Morgan fingerprint density at radius 2 is 1.53 bits per heavy atom. The summed E-state index contributed by atoms with van der Waals surface area (Å²) in [5, 5.41) is 0.601. The van der Waals surface area contributed by atoms with E-state index >= 15 is 0 Å². The van der Waals surface area contributed by atoms with Crippen molar-refractivity contribution in [3.05, 3.63) is 93.0 Å². The Labute approximate surface area is 359 Å². The van der Waals surface area contributed by atoms with Crippen LogP contribution in [0.3, 0.4) is 0 Å². The molecule has 2 heterocycles. The highest BCUT2D eigenvalue weighted by Crippen LogP contribution is 2.56. The van der Waals surface area contributed by atoms with E-state index in [1.165, 1.54) is 76.2 Å². The predicted octanol–water partition coefficient (Wildman–Crippen LogP) is 13.8. The number of carbonyl (C=O) groups is 2. The van der Waals surface area contributed by atoms with E-state index in [9.17, 15) is 14.2 Å². The van der Waals surface area contributed by atoms with Crippen molar-refractivity contribution in [3.63, 3.8) is 0 Å². The first-order valence-electron chi connectivity index (χ1n) is 22.5. The van der Waals surface area contributed by atoms with Gasteiger partial charge in [0.25, 0.3) is 0 Å². The Kier molecular flexibility index (Phi) is 18.9. The van der Waals surface area contributed by atoms with Gasteiger partial charge in [0.1, 0.15) is 17.5 Å². The number of hydrogen-bond acceptors (Lipinski definition) is 7. The molecule has 10 heteroatoms. The van der Waals surface area contributed by atoms with E-state index in [0.717, 1.165) is 47.1 Å². The van der Waals surface area contributed by atoms with Gasteiger partial charge in [-0.05, 0) is 109 Å². The summed E-state index contributed by atoms with van der Waals surface area (Å²) in [5.41, 5.74) is 6.19. The molecule has 0 unspecified atom stereocenters. The van der Waals surface area contributed by atoms with E-state index in [4.69, 9.17) is 30.1 Å². The number of benzene rings is 3. The first kappa shape index (κ1) is 46.9. The monoisotopic (exact) mass is 849 g/mol. The maximum absolute atomic E-state index is 13.6. The largest absolute Gasteiger partial charge is 0.481 e. The van der Waals surface area contributed by atoms with Crippen LogP contribution in [-0.4, -0.2) is 42.3 Å². The second-order valence-electron chi connectivity index (χ2n) is 17.1. The minimum Gasteiger partial charge on any atom is -0.481 e. The number of amides is 1. The summed E-state index contributed by atoms with van der Waals surface area (Å²) in [5.74, 6) is 1.01. The molecule has 2 aliphatic rings. The highest BCUT2D eigenvalue weighted by Gasteiger charge is 2.37. The topological polar surface area (TPSA) is 91.4 Å². The van der Waals surface area contributed by atoms with Crippen molar-refractivity contribution in [2.45, 2.75) is 168 Å². The molecule has 0 bridgehead atoms. The smallest absolute Gasteiger partial charge is 0.368 e. The van der Waals surface area contributed by atoms with Crippen molar-refractivity contribution in [2.24, 2.45) is 0 Å². The average Bonchev–Trinajstić information content (AvgIpc) is 3.71. The number of halogens is 1. The van der Waals surface area contributed by atoms with Crippen LogP contribution >= 0.6 is 19.2 Å². The van der Waals surface area contributed by atoms with Crippen molar-refractivity contribution in [2.75, 3.05) is 19.5 Å². The van der Waals surface area contributed by atoms with Gasteiger partial charge in [-0.2, -0.15) is 0 Å². The van der Waals surface area contributed by atoms with Crippen LogP contribution in [0.15, 0.2) is 54.6 Å². The Morgan fingerprint density at radius 3 is 2.17 bits per heavy atom. The van der Waals surface area contributed by atoms with E-state index in [1.54, 1.807) is 11.0 Å². The molecule has 1 amide bonds. The van der Waals surface area contributed by atoms with Gasteiger partial charge in [0, 0.05) is 24.4 Å². The van der Waals surface area contributed by atoms with Crippen LogP contribution in [0.2, 0.25) is 5.02 Å². The van der Waals surface area contributed by atoms with Crippen LogP contribution in [-0.2, 0) is 29.6 Å². The molecule has 8 nitrogen and oxygen atoms in total. The number of nitrogens with zero attached hydrogens (tertiary/aromatic N) is 1. The third-order valence-electron chi connectivity index (χ3n) is 11.9. The second kappa shape index (κ2) is 23.7. The molecular weight excluding hydrogens is 781 g/mol. The number of rotatable bonds is 23. The van der Waals surface area contributed by atoms with E-state index in [2.05, 4.69) is 26.8 Å². The lowest BCUT2D eigenvalue weighted by molar-refractivity contribution is -0.146. The first-order valence-corrected chi connectivity index (χ1v) is 24.6. The molecule has 3 aromatic carbocycles. The van der Waals surface area contributed by atoms with Gasteiger partial charge in [0.2, 0.25) is 5.91 Å². The molecule has 2 aliphatic heterocycles. The van der Waals surface area contributed by atoms with Crippen molar-refractivity contribution < 1.29 is 32.7 Å². The SMILES string of the molecule is CCCCCCCCCCCCCCCC(=O)N1CCC[C@@H]1C(=O)Oc1ccc(Cc2c(C)cc(OC[P@@]3(=O)OCC[C@@H](c4cccc(Cl)c4)O3)cc2C)cc1C(C)C. The summed E-state index contributed by atoms with van der Waals surface area (Å²) >= 11 is 6.18. The minimum atomic E-state index is -3.49. The van der Waals surface area contributed by atoms with E-state index in [0.29, 0.717) is 55.4 Å². The number of carbonyl (C=O) groups excluding carboxylic acids is 2. The first-order chi connectivity index (χ1) is 28.5. The predicted molar refractivity (Wildman–Crippen MR) is 239 cm³/mol. The molecule has 59 heavy (non-hydrogen) atoms. The maximum atomic E-state index is 13.6. The number of unbranched alkanes of at least 4 members (excludes halogenated alkanes) is 12. The van der Waals surface area contributed by atoms with Gasteiger partial charge in [-0.25, -0.2) is 4.79 Å². The van der Waals surface area contributed by atoms with E-state index in [-0.39, 0.29) is 30.2 Å². The Bertz CT molecular complexity index is 1840. The van der Waals surface area contributed by atoms with Gasteiger partial charge in [0.05, 0.1) is 12.7 Å². The molecule has 2 saturated heterocycles. The maximum Gasteiger partial charge on any atom is 0.368 e. The average molecular weight is 851 g/mol. The summed E-state index contributed by atoms with van der Waals surface area (Å²) in [6.45, 7) is 11.5. The molecule has 0 aromatic heterocycles. The number of likely N-dealkylation sites (tertiary alicyclic amines) is 1. The summed E-state index contributed by atoms with van der Waals surface area (Å²) in [6, 6.07) is 16.8. The van der Waals surface area contributed by atoms with Gasteiger partial charge in [-0.3, -0.25) is 13.9 Å². The number of hydrogen-bond donors (Lipinski definition) is 0. The van der Waals surface area contributed by atoms with Gasteiger partial charge < -0.3 is 18.9 Å². The summed E-state index contributed by atoms with van der Waals surface area (Å²) in [4.78, 5) is 28.6. The highest BCUT2D eigenvalue weighted by molar-refractivity contribution is 7.53. The minimum absolute atomic E-state index is 0.0708. The van der Waals surface area contributed by atoms with Gasteiger partial charge >= 0.3 is 13.6 Å². The normalized spacial score (nSPS) is 19.3. The van der Waals surface area contributed by atoms with Crippen molar-refractivity contribution >= 4 is 31.1 Å². The van der Waals surface area contributed by atoms with Crippen LogP contribution in [0.5, 0.6) is 11.5 Å².